The summed E-state index contributed by atoms with van der Waals surface area (Å²) in [6.45, 7) is 0. The van der Waals surface area contributed by atoms with Gasteiger partial charge >= 0.3 is 0 Å². The number of nitrogens with zero attached hydrogens (tertiary/aromatic N) is 5. The van der Waals surface area contributed by atoms with Crippen molar-refractivity contribution >= 4 is 76.3 Å². The largest absolute Gasteiger partial charge is 0.456 e. The molecule has 0 unspecified atom stereocenters. The smallest absolute Gasteiger partial charge is 0.164 e. The molecule has 312 valence electrons. The zero-order valence-corrected chi connectivity index (χ0v) is 36.0. The van der Waals surface area contributed by atoms with Crippen molar-refractivity contribution in [3.05, 3.63) is 224 Å². The van der Waals surface area contributed by atoms with Gasteiger partial charge in [0.2, 0.25) is 0 Å². The minimum Gasteiger partial charge on any atom is -0.456 e. The maximum absolute atomic E-state index is 6.79. The molecule has 0 spiro atoms. The minimum atomic E-state index is 0.545. The third-order valence-electron chi connectivity index (χ3n) is 13.3. The van der Waals surface area contributed by atoms with Crippen molar-refractivity contribution < 1.29 is 4.42 Å². The number of para-hydroxylation sites is 4. The molecule has 14 rings (SSSR count). The van der Waals surface area contributed by atoms with Gasteiger partial charge in [0.05, 0.1) is 33.1 Å². The lowest BCUT2D eigenvalue weighted by atomic mass is 10.0. The third-order valence-corrected chi connectivity index (χ3v) is 13.3. The van der Waals surface area contributed by atoms with Crippen molar-refractivity contribution in [3.63, 3.8) is 0 Å². The Bertz CT molecular complexity index is 4280. The fraction of sp³-hybridized carbons (Fsp3) is 0. The molecule has 0 amide bonds. The molecule has 0 fully saturated rings. The predicted molar refractivity (Wildman–Crippen MR) is 275 cm³/mol. The second-order valence-electron chi connectivity index (χ2n) is 17.2. The molecule has 0 aliphatic carbocycles. The third kappa shape index (κ3) is 5.93. The molecule has 6 nitrogen and oxygen atoms in total. The number of hydrogen-bond donors (Lipinski definition) is 0. The number of fused-ring (bicyclic) bond motifs is 10. The van der Waals surface area contributed by atoms with E-state index in [1.165, 1.54) is 26.9 Å². The van der Waals surface area contributed by atoms with Gasteiger partial charge in [-0.15, -0.1) is 0 Å². The van der Waals surface area contributed by atoms with Crippen LogP contribution >= 0.6 is 0 Å². The normalized spacial score (nSPS) is 11.9. The molecule has 67 heavy (non-hydrogen) atoms. The Morgan fingerprint density at radius 3 is 1.63 bits per heavy atom. The summed E-state index contributed by atoms with van der Waals surface area (Å²) in [4.78, 5) is 16.1. The highest BCUT2D eigenvalue weighted by Gasteiger charge is 2.23. The Hall–Kier alpha value is -9.13. The second kappa shape index (κ2) is 14.7. The van der Waals surface area contributed by atoms with Crippen LogP contribution in [0.15, 0.2) is 229 Å². The van der Waals surface area contributed by atoms with Crippen LogP contribution in [0.3, 0.4) is 0 Å². The van der Waals surface area contributed by atoms with E-state index in [1.807, 2.05) is 18.2 Å². The summed E-state index contributed by atoms with van der Waals surface area (Å²) in [5.74, 6) is 1.70. The van der Waals surface area contributed by atoms with Gasteiger partial charge in [0.15, 0.2) is 17.5 Å². The molecule has 0 aliphatic heterocycles. The Balaban J connectivity index is 1.05. The summed E-state index contributed by atoms with van der Waals surface area (Å²) in [6.07, 6.45) is 0. The molecule has 10 aromatic carbocycles. The molecule has 0 radical (unpaired) electrons. The fourth-order valence-corrected chi connectivity index (χ4v) is 10.2. The van der Waals surface area contributed by atoms with Crippen LogP contribution in [0.1, 0.15) is 0 Å². The van der Waals surface area contributed by atoms with Crippen molar-refractivity contribution in [2.24, 2.45) is 0 Å². The van der Waals surface area contributed by atoms with Gasteiger partial charge in [-0.3, -0.25) is 0 Å². The van der Waals surface area contributed by atoms with E-state index >= 15 is 0 Å². The van der Waals surface area contributed by atoms with Gasteiger partial charge in [-0.2, -0.15) is 0 Å². The molecule has 0 atom stereocenters. The Kier molecular flexibility index (Phi) is 8.18. The number of hydrogen-bond acceptors (Lipinski definition) is 4. The van der Waals surface area contributed by atoms with E-state index in [0.29, 0.717) is 17.5 Å². The van der Waals surface area contributed by atoms with Crippen LogP contribution in [-0.2, 0) is 0 Å². The van der Waals surface area contributed by atoms with Gasteiger partial charge in [0.25, 0.3) is 0 Å². The first-order chi connectivity index (χ1) is 33.2. The number of aromatic nitrogens is 5. The monoisotopic (exact) mass is 855 g/mol. The Morgan fingerprint density at radius 1 is 0.299 bits per heavy atom. The van der Waals surface area contributed by atoms with Crippen LogP contribution in [0.25, 0.3) is 133 Å². The predicted octanol–water partition coefficient (Wildman–Crippen LogP) is 15.8. The van der Waals surface area contributed by atoms with E-state index in [0.717, 1.165) is 88.6 Å². The first-order valence-corrected chi connectivity index (χ1v) is 22.6. The van der Waals surface area contributed by atoms with Crippen LogP contribution in [0.5, 0.6) is 0 Å². The number of furan rings is 1. The molecule has 0 N–H and O–H groups in total. The number of rotatable bonds is 6. The van der Waals surface area contributed by atoms with E-state index in [9.17, 15) is 0 Å². The zero-order valence-electron chi connectivity index (χ0n) is 36.0. The SMILES string of the molecule is c1ccc(-c2cccc(-c3nc(-c4cc(-n5c6ccccc6c6cc7ccccc7cc65)c5c(c4)oc4ccccc45)nc(-c4ccc5c6ccccc6n(-c6ccccc6)c5c4)n3)c2)cc1. The zero-order chi connectivity index (χ0) is 44.0. The molecular weight excluding hydrogens is 819 g/mol. The summed E-state index contributed by atoms with van der Waals surface area (Å²) >= 11 is 0. The summed E-state index contributed by atoms with van der Waals surface area (Å²) < 4.78 is 11.5. The summed E-state index contributed by atoms with van der Waals surface area (Å²) in [5, 5.41) is 9.17. The molecule has 14 aromatic rings. The van der Waals surface area contributed by atoms with Crippen molar-refractivity contribution in [3.8, 4) is 56.7 Å². The highest BCUT2D eigenvalue weighted by Crippen LogP contribution is 2.42. The Morgan fingerprint density at radius 2 is 0.851 bits per heavy atom. The lowest BCUT2D eigenvalue weighted by molar-refractivity contribution is 0.669. The van der Waals surface area contributed by atoms with Crippen LogP contribution in [0.2, 0.25) is 0 Å². The van der Waals surface area contributed by atoms with Gasteiger partial charge in [0.1, 0.15) is 11.2 Å². The average molecular weight is 856 g/mol. The molecule has 0 aliphatic rings. The molecule has 4 aromatic heterocycles. The number of benzene rings is 10. The van der Waals surface area contributed by atoms with Crippen LogP contribution in [0.4, 0.5) is 0 Å². The topological polar surface area (TPSA) is 61.7 Å². The molecular formula is C61H37N5O. The summed E-state index contributed by atoms with van der Waals surface area (Å²) in [5.41, 5.74) is 12.9. The Labute approximate surface area is 384 Å². The molecule has 4 heterocycles. The van der Waals surface area contributed by atoms with Crippen molar-refractivity contribution in [1.82, 2.24) is 24.1 Å². The molecule has 0 saturated heterocycles. The van der Waals surface area contributed by atoms with Crippen LogP contribution in [-0.4, -0.2) is 24.1 Å². The molecule has 0 bridgehead atoms. The van der Waals surface area contributed by atoms with E-state index in [1.54, 1.807) is 0 Å². The van der Waals surface area contributed by atoms with E-state index in [2.05, 4.69) is 215 Å². The van der Waals surface area contributed by atoms with Gasteiger partial charge in [-0.1, -0.05) is 158 Å². The molecule has 6 heteroatoms. The highest BCUT2D eigenvalue weighted by molar-refractivity contribution is 6.17. The second-order valence-corrected chi connectivity index (χ2v) is 17.2. The average Bonchev–Trinajstić information content (AvgIpc) is 4.05. The van der Waals surface area contributed by atoms with E-state index in [4.69, 9.17) is 19.4 Å². The fourth-order valence-electron chi connectivity index (χ4n) is 10.2. The lowest BCUT2D eigenvalue weighted by Gasteiger charge is -2.14. The highest BCUT2D eigenvalue weighted by atomic mass is 16.3. The minimum absolute atomic E-state index is 0.545. The summed E-state index contributed by atoms with van der Waals surface area (Å²) in [7, 11) is 0. The summed E-state index contributed by atoms with van der Waals surface area (Å²) in [6, 6.07) is 79.1. The van der Waals surface area contributed by atoms with Gasteiger partial charge in [-0.05, 0) is 88.6 Å². The maximum atomic E-state index is 6.79. The van der Waals surface area contributed by atoms with Gasteiger partial charge in [-0.25, -0.2) is 15.0 Å². The van der Waals surface area contributed by atoms with E-state index in [-0.39, 0.29) is 0 Å². The van der Waals surface area contributed by atoms with Crippen molar-refractivity contribution in [2.45, 2.75) is 0 Å². The standard InChI is InChI=1S/C61H37N5O/c1-3-16-38(17-4-1)39-20-15-21-42(32-39)59-62-60(43-30-31-48-46-24-9-12-27-51(46)65(53(48)35-43)45-22-5-2-6-23-45)64-61(63-59)44-36-55(58-49-26-11-14-29-56(49)67-57(58)37-44)66-52-28-13-10-25-47(52)50-33-40-18-7-8-19-41(40)34-54(50)66/h1-37H. The van der Waals surface area contributed by atoms with E-state index < -0.39 is 0 Å². The van der Waals surface area contributed by atoms with Crippen molar-refractivity contribution in [2.75, 3.05) is 0 Å². The van der Waals surface area contributed by atoms with Crippen molar-refractivity contribution in [1.29, 1.82) is 0 Å². The first kappa shape index (κ1) is 37.3. The first-order valence-electron chi connectivity index (χ1n) is 22.6. The molecule has 0 saturated carbocycles. The lowest BCUT2D eigenvalue weighted by Crippen LogP contribution is -2.02. The van der Waals surface area contributed by atoms with Crippen LogP contribution in [0, 0.1) is 0 Å². The van der Waals surface area contributed by atoms with Gasteiger partial charge < -0.3 is 13.6 Å². The van der Waals surface area contributed by atoms with Gasteiger partial charge in [0, 0.05) is 49.3 Å². The quantitative estimate of drug-likeness (QED) is 0.167. The van der Waals surface area contributed by atoms with Crippen LogP contribution < -0.4 is 0 Å². The maximum Gasteiger partial charge on any atom is 0.164 e.